The van der Waals surface area contributed by atoms with Crippen LogP contribution >= 0.6 is 11.3 Å². The van der Waals surface area contributed by atoms with Gasteiger partial charge in [-0.2, -0.15) is 0 Å². The van der Waals surface area contributed by atoms with Crippen LogP contribution in [-0.4, -0.2) is 9.97 Å². The van der Waals surface area contributed by atoms with Gasteiger partial charge < -0.3 is 0 Å². The van der Waals surface area contributed by atoms with Crippen molar-refractivity contribution in [2.45, 2.75) is 20.8 Å². The number of thiophene rings is 1. The van der Waals surface area contributed by atoms with Crippen molar-refractivity contribution in [2.24, 2.45) is 0 Å². The lowest BCUT2D eigenvalue weighted by atomic mass is 9.94. The largest absolute Gasteiger partial charge is 0.228 e. The highest BCUT2D eigenvalue weighted by atomic mass is 32.1. The van der Waals surface area contributed by atoms with E-state index in [0.717, 1.165) is 33.9 Å². The molecule has 0 aliphatic carbocycles. The number of rotatable bonds is 4. The van der Waals surface area contributed by atoms with Gasteiger partial charge >= 0.3 is 0 Å². The molecule has 0 spiro atoms. The molecule has 2 aromatic heterocycles. The molecule has 0 atom stereocenters. The fourth-order valence-electron chi connectivity index (χ4n) is 5.21. The highest BCUT2D eigenvalue weighted by Gasteiger charge is 2.17. The predicted molar refractivity (Wildman–Crippen MR) is 173 cm³/mol. The lowest BCUT2D eigenvalue weighted by molar-refractivity contribution is 1.18. The maximum Gasteiger partial charge on any atom is 0.160 e. The quantitative estimate of drug-likeness (QED) is 0.224. The van der Waals surface area contributed by atoms with E-state index in [9.17, 15) is 0 Å². The second kappa shape index (κ2) is 11.3. The minimum atomic E-state index is 0.729. The zero-order chi connectivity index (χ0) is 27.5. The Balaban J connectivity index is 0.00000142. The molecule has 0 saturated carbocycles. The Morgan fingerprint density at radius 3 is 1.88 bits per heavy atom. The third kappa shape index (κ3) is 4.70. The molecule has 194 valence electrons. The van der Waals surface area contributed by atoms with Gasteiger partial charge in [0.15, 0.2) is 5.82 Å². The Labute approximate surface area is 239 Å². The van der Waals surface area contributed by atoms with Crippen molar-refractivity contribution in [3.63, 3.8) is 0 Å². The van der Waals surface area contributed by atoms with E-state index in [2.05, 4.69) is 110 Å². The molecule has 0 aliphatic heterocycles. The predicted octanol–water partition coefficient (Wildman–Crippen LogP) is 10.8. The van der Waals surface area contributed by atoms with Crippen LogP contribution in [0, 0.1) is 6.92 Å². The molecule has 5 aromatic carbocycles. The summed E-state index contributed by atoms with van der Waals surface area (Å²) in [5.74, 6) is 0.729. The summed E-state index contributed by atoms with van der Waals surface area (Å²) in [7, 11) is 0. The molecule has 0 unspecified atom stereocenters. The van der Waals surface area contributed by atoms with Crippen molar-refractivity contribution in [1.82, 2.24) is 9.97 Å². The first-order valence-corrected chi connectivity index (χ1v) is 14.6. The van der Waals surface area contributed by atoms with E-state index in [4.69, 9.17) is 9.97 Å². The van der Waals surface area contributed by atoms with Crippen LogP contribution in [0.2, 0.25) is 0 Å². The van der Waals surface area contributed by atoms with Gasteiger partial charge in [0.05, 0.1) is 11.4 Å². The Bertz CT molecular complexity index is 1860. The second-order valence-corrected chi connectivity index (χ2v) is 10.5. The van der Waals surface area contributed by atoms with E-state index in [1.54, 1.807) is 0 Å². The van der Waals surface area contributed by atoms with Crippen LogP contribution in [0.15, 0.2) is 127 Å². The minimum absolute atomic E-state index is 0.729. The molecule has 7 rings (SSSR count). The Hall–Kier alpha value is -4.60. The van der Waals surface area contributed by atoms with Crippen LogP contribution in [0.5, 0.6) is 0 Å². The van der Waals surface area contributed by atoms with Crippen LogP contribution in [0.4, 0.5) is 0 Å². The van der Waals surface area contributed by atoms with Crippen LogP contribution in [-0.2, 0) is 0 Å². The Morgan fingerprint density at radius 2 is 1.12 bits per heavy atom. The first kappa shape index (κ1) is 25.7. The normalized spacial score (nSPS) is 10.9. The maximum absolute atomic E-state index is 5.12. The van der Waals surface area contributed by atoms with Gasteiger partial charge in [-0.25, -0.2) is 9.97 Å². The van der Waals surface area contributed by atoms with Crippen molar-refractivity contribution in [2.75, 3.05) is 0 Å². The highest BCUT2D eigenvalue weighted by molar-refractivity contribution is 7.26. The third-order valence-corrected chi connectivity index (χ3v) is 8.26. The summed E-state index contributed by atoms with van der Waals surface area (Å²) in [6.45, 7) is 6.21. The monoisotopic (exact) mass is 534 g/mol. The topological polar surface area (TPSA) is 25.8 Å². The molecule has 3 heteroatoms. The summed E-state index contributed by atoms with van der Waals surface area (Å²) in [5, 5.41) is 2.67. The number of benzene rings is 5. The van der Waals surface area contributed by atoms with Crippen molar-refractivity contribution in [1.29, 1.82) is 0 Å². The molecule has 0 fully saturated rings. The number of aryl methyl sites for hydroxylation is 1. The molecule has 2 heterocycles. The third-order valence-electron chi connectivity index (χ3n) is 7.06. The Morgan fingerprint density at radius 1 is 0.525 bits per heavy atom. The lowest BCUT2D eigenvalue weighted by Gasteiger charge is -2.14. The molecule has 0 bridgehead atoms. The zero-order valence-corrected chi connectivity index (χ0v) is 23.7. The summed E-state index contributed by atoms with van der Waals surface area (Å²) in [6.07, 6.45) is 0. The van der Waals surface area contributed by atoms with Crippen molar-refractivity contribution >= 4 is 31.5 Å². The van der Waals surface area contributed by atoms with Gasteiger partial charge in [-0.1, -0.05) is 129 Å². The molecule has 40 heavy (non-hydrogen) atoms. The fourth-order valence-corrected chi connectivity index (χ4v) is 6.51. The van der Waals surface area contributed by atoms with Crippen LogP contribution in [0.25, 0.3) is 65.2 Å². The molecule has 7 aromatic rings. The molecule has 0 saturated heterocycles. The molecule has 2 nitrogen and oxygen atoms in total. The fraction of sp³-hybridized carbons (Fsp3) is 0.0811. The number of nitrogens with zero attached hydrogens (tertiary/aromatic N) is 2. The van der Waals surface area contributed by atoms with Gasteiger partial charge in [0.2, 0.25) is 0 Å². The number of aromatic nitrogens is 2. The summed E-state index contributed by atoms with van der Waals surface area (Å²) in [5.41, 5.74) is 8.75. The van der Waals surface area contributed by atoms with Gasteiger partial charge in [-0.05, 0) is 30.2 Å². The van der Waals surface area contributed by atoms with Gasteiger partial charge in [0.25, 0.3) is 0 Å². The summed E-state index contributed by atoms with van der Waals surface area (Å²) in [4.78, 5) is 10.1. The minimum Gasteiger partial charge on any atom is -0.228 e. The van der Waals surface area contributed by atoms with Crippen molar-refractivity contribution < 1.29 is 0 Å². The average molecular weight is 535 g/mol. The summed E-state index contributed by atoms with van der Waals surface area (Å²) < 4.78 is 2.63. The zero-order valence-electron chi connectivity index (χ0n) is 22.9. The molecule has 0 amide bonds. The van der Waals surface area contributed by atoms with E-state index >= 15 is 0 Å². The first-order chi connectivity index (χ1) is 19.8. The molecule has 0 radical (unpaired) electrons. The number of fused-ring (bicyclic) bond motifs is 3. The van der Waals surface area contributed by atoms with E-state index in [-0.39, 0.29) is 0 Å². The molecular weight excluding hydrogens is 504 g/mol. The van der Waals surface area contributed by atoms with Gasteiger partial charge in [0.1, 0.15) is 0 Å². The number of hydrogen-bond acceptors (Lipinski definition) is 3. The van der Waals surface area contributed by atoms with E-state index in [1.807, 2.05) is 49.4 Å². The molecule has 0 N–H and O–H groups in total. The summed E-state index contributed by atoms with van der Waals surface area (Å²) >= 11 is 1.87. The average Bonchev–Trinajstić information content (AvgIpc) is 3.43. The standard InChI is InChI=1S/C35H24N2S.C2H6/c1-23-20-21-28(34-33(23)29-18-10-11-19-32(29)38-34)26-16-8-9-17-27(26)31-22-30(24-12-4-2-5-13-24)36-35(37-31)25-14-6-3-7-15-25;1-2/h2-22H,1H3;1-2H3. The Kier molecular flexibility index (Phi) is 7.22. The van der Waals surface area contributed by atoms with Crippen LogP contribution in [0.1, 0.15) is 19.4 Å². The smallest absolute Gasteiger partial charge is 0.160 e. The number of hydrogen-bond donors (Lipinski definition) is 0. The second-order valence-electron chi connectivity index (χ2n) is 9.47. The van der Waals surface area contributed by atoms with Crippen molar-refractivity contribution in [3.05, 3.63) is 133 Å². The van der Waals surface area contributed by atoms with E-state index in [1.165, 1.54) is 36.9 Å². The molecular formula is C37H30N2S. The van der Waals surface area contributed by atoms with Gasteiger partial charge in [-0.15, -0.1) is 11.3 Å². The highest BCUT2D eigenvalue weighted by Crippen LogP contribution is 2.44. The van der Waals surface area contributed by atoms with E-state index < -0.39 is 0 Å². The van der Waals surface area contributed by atoms with E-state index in [0.29, 0.717) is 0 Å². The van der Waals surface area contributed by atoms with Crippen LogP contribution in [0.3, 0.4) is 0 Å². The van der Waals surface area contributed by atoms with Crippen LogP contribution < -0.4 is 0 Å². The SMILES string of the molecule is CC.Cc1ccc(-c2ccccc2-c2cc(-c3ccccc3)nc(-c3ccccc3)n2)c2sc3ccccc3c12. The first-order valence-electron chi connectivity index (χ1n) is 13.8. The summed E-state index contributed by atoms with van der Waals surface area (Å²) in [6, 6.07) is 44.5. The van der Waals surface area contributed by atoms with Gasteiger partial charge in [0, 0.05) is 42.4 Å². The van der Waals surface area contributed by atoms with Gasteiger partial charge in [-0.3, -0.25) is 0 Å². The lowest BCUT2D eigenvalue weighted by Crippen LogP contribution is -1.97. The maximum atomic E-state index is 5.12. The molecule has 0 aliphatic rings. The van der Waals surface area contributed by atoms with Crippen molar-refractivity contribution in [3.8, 4) is 45.0 Å².